The smallest absolute Gasteiger partial charge is 0.267 e. The number of rotatable bonds is 2. The van der Waals surface area contributed by atoms with E-state index in [1.54, 1.807) is 10.8 Å². The average Bonchev–Trinajstić information content (AvgIpc) is 2.31. The molecule has 0 radical (unpaired) electrons. The number of nitrogens with one attached hydrogen (secondary N) is 1. The molecule has 1 fully saturated rings. The first-order chi connectivity index (χ1) is 7.68. The van der Waals surface area contributed by atoms with Crippen molar-refractivity contribution in [2.24, 2.45) is 5.92 Å². The lowest BCUT2D eigenvalue weighted by molar-refractivity contribution is 0.329. The van der Waals surface area contributed by atoms with Crippen LogP contribution in [-0.2, 0) is 6.54 Å². The summed E-state index contributed by atoms with van der Waals surface area (Å²) in [5.74, 6) is 1.33. The van der Waals surface area contributed by atoms with Crippen LogP contribution in [0.2, 0.25) is 0 Å². The summed E-state index contributed by atoms with van der Waals surface area (Å²) in [6.07, 6.45) is 3.96. The zero-order valence-electron chi connectivity index (χ0n) is 9.37. The van der Waals surface area contributed by atoms with Crippen LogP contribution in [0.25, 0.3) is 0 Å². The van der Waals surface area contributed by atoms with E-state index in [1.165, 1.54) is 12.8 Å². The molecule has 1 aliphatic rings. The van der Waals surface area contributed by atoms with Gasteiger partial charge in [0.15, 0.2) is 0 Å². The first-order valence-electron chi connectivity index (χ1n) is 5.61. The maximum absolute atomic E-state index is 11.9. The highest BCUT2D eigenvalue weighted by Gasteiger charge is 2.15. The van der Waals surface area contributed by atoms with Crippen LogP contribution in [-0.4, -0.2) is 22.6 Å². The van der Waals surface area contributed by atoms with Crippen molar-refractivity contribution in [3.63, 3.8) is 0 Å². The Morgan fingerprint density at radius 3 is 3.19 bits per heavy atom. The maximum Gasteiger partial charge on any atom is 0.267 e. The van der Waals surface area contributed by atoms with Gasteiger partial charge in [0, 0.05) is 12.7 Å². The summed E-state index contributed by atoms with van der Waals surface area (Å²) in [4.78, 5) is 16.1. The molecule has 4 nitrogen and oxygen atoms in total. The zero-order valence-corrected chi connectivity index (χ0v) is 11.0. The molecule has 2 rings (SSSR count). The van der Waals surface area contributed by atoms with Crippen molar-refractivity contribution >= 4 is 15.9 Å². The fraction of sp³-hybridized carbons (Fsp3) is 0.636. The minimum Gasteiger partial charge on any atom is -0.316 e. The Labute approximate surface area is 103 Å². The third-order valence-corrected chi connectivity index (χ3v) is 3.59. The lowest BCUT2D eigenvalue weighted by atomic mass is 9.99. The molecule has 88 valence electrons. The number of aryl methyl sites for hydroxylation is 1. The molecule has 2 heterocycles. The van der Waals surface area contributed by atoms with E-state index in [1.807, 2.05) is 6.92 Å². The van der Waals surface area contributed by atoms with E-state index in [2.05, 4.69) is 26.2 Å². The average molecular weight is 286 g/mol. The molecular formula is C11H16BrN3O. The summed E-state index contributed by atoms with van der Waals surface area (Å²) in [6, 6.07) is 0. The van der Waals surface area contributed by atoms with Gasteiger partial charge in [-0.05, 0) is 54.7 Å². The summed E-state index contributed by atoms with van der Waals surface area (Å²) in [5.41, 5.74) is 0.0260. The second-order valence-electron chi connectivity index (χ2n) is 4.28. The fourth-order valence-corrected chi connectivity index (χ4v) is 2.42. The Balaban J connectivity index is 2.20. The molecule has 0 bridgehead atoms. The molecule has 0 aromatic carbocycles. The van der Waals surface area contributed by atoms with Crippen molar-refractivity contribution in [1.82, 2.24) is 14.9 Å². The Bertz CT molecular complexity index is 424. The fourth-order valence-electron chi connectivity index (χ4n) is 2.10. The van der Waals surface area contributed by atoms with Gasteiger partial charge in [0.1, 0.15) is 10.3 Å². The molecule has 0 aliphatic carbocycles. The van der Waals surface area contributed by atoms with Gasteiger partial charge >= 0.3 is 0 Å². The normalized spacial score (nSPS) is 21.0. The van der Waals surface area contributed by atoms with Crippen molar-refractivity contribution in [2.45, 2.75) is 26.3 Å². The first kappa shape index (κ1) is 11.8. The SMILES string of the molecule is Cc1ncc(Br)c(=O)n1CC1CCCNC1. The summed E-state index contributed by atoms with van der Waals surface area (Å²) >= 11 is 3.23. The molecule has 1 saturated heterocycles. The highest BCUT2D eigenvalue weighted by Crippen LogP contribution is 2.12. The number of hydrogen-bond donors (Lipinski definition) is 1. The van der Waals surface area contributed by atoms with Gasteiger partial charge in [-0.15, -0.1) is 0 Å². The second kappa shape index (κ2) is 5.10. The molecule has 1 aromatic rings. The molecule has 0 spiro atoms. The van der Waals surface area contributed by atoms with Crippen LogP contribution in [0.5, 0.6) is 0 Å². The largest absolute Gasteiger partial charge is 0.316 e. The summed E-state index contributed by atoms with van der Waals surface area (Å²) < 4.78 is 2.31. The van der Waals surface area contributed by atoms with Crippen molar-refractivity contribution < 1.29 is 0 Å². The first-order valence-corrected chi connectivity index (χ1v) is 6.40. The van der Waals surface area contributed by atoms with E-state index in [0.717, 1.165) is 25.5 Å². The van der Waals surface area contributed by atoms with Crippen molar-refractivity contribution in [3.05, 3.63) is 26.8 Å². The molecule has 1 atom stereocenters. The molecule has 1 aromatic heterocycles. The molecule has 5 heteroatoms. The Morgan fingerprint density at radius 1 is 1.69 bits per heavy atom. The molecule has 1 aliphatic heterocycles. The molecular weight excluding hydrogens is 270 g/mol. The van der Waals surface area contributed by atoms with Gasteiger partial charge in [-0.25, -0.2) is 4.98 Å². The van der Waals surface area contributed by atoms with E-state index in [-0.39, 0.29) is 5.56 Å². The van der Waals surface area contributed by atoms with E-state index < -0.39 is 0 Å². The molecule has 1 unspecified atom stereocenters. The quantitative estimate of drug-likeness (QED) is 0.892. The van der Waals surface area contributed by atoms with Gasteiger partial charge in [-0.1, -0.05) is 0 Å². The topological polar surface area (TPSA) is 46.9 Å². The summed E-state index contributed by atoms with van der Waals surface area (Å²) in [5, 5.41) is 3.36. The molecule has 0 saturated carbocycles. The van der Waals surface area contributed by atoms with Crippen molar-refractivity contribution in [3.8, 4) is 0 Å². The summed E-state index contributed by atoms with van der Waals surface area (Å²) in [7, 11) is 0. The number of aromatic nitrogens is 2. The van der Waals surface area contributed by atoms with Gasteiger partial charge in [0.2, 0.25) is 0 Å². The monoisotopic (exact) mass is 285 g/mol. The Hall–Kier alpha value is -0.680. The number of piperidine rings is 1. The molecule has 1 N–H and O–H groups in total. The number of nitrogens with zero attached hydrogens (tertiary/aromatic N) is 2. The predicted molar refractivity (Wildman–Crippen MR) is 66.5 cm³/mol. The maximum atomic E-state index is 11.9. The Kier molecular flexibility index (Phi) is 3.76. The van der Waals surface area contributed by atoms with Crippen molar-refractivity contribution in [2.75, 3.05) is 13.1 Å². The van der Waals surface area contributed by atoms with E-state index in [9.17, 15) is 4.79 Å². The van der Waals surface area contributed by atoms with E-state index in [4.69, 9.17) is 0 Å². The van der Waals surface area contributed by atoms with Gasteiger partial charge in [0.05, 0.1) is 0 Å². The van der Waals surface area contributed by atoms with Crippen molar-refractivity contribution in [1.29, 1.82) is 0 Å². The van der Waals surface area contributed by atoms with E-state index in [0.29, 0.717) is 10.4 Å². The highest BCUT2D eigenvalue weighted by molar-refractivity contribution is 9.10. The van der Waals surface area contributed by atoms with E-state index >= 15 is 0 Å². The predicted octanol–water partition coefficient (Wildman–Crippen LogP) is 1.31. The highest BCUT2D eigenvalue weighted by atomic mass is 79.9. The van der Waals surface area contributed by atoms with Crippen LogP contribution in [0.1, 0.15) is 18.7 Å². The molecule has 0 amide bonds. The minimum atomic E-state index is 0.0260. The standard InChI is InChI=1S/C11H16BrN3O/c1-8-14-6-10(12)11(16)15(8)7-9-3-2-4-13-5-9/h6,9,13H,2-5,7H2,1H3. The van der Waals surface area contributed by atoms with Gasteiger partial charge in [-0.2, -0.15) is 0 Å². The number of hydrogen-bond acceptors (Lipinski definition) is 3. The Morgan fingerprint density at radius 2 is 2.50 bits per heavy atom. The lowest BCUT2D eigenvalue weighted by Gasteiger charge is -2.24. The van der Waals surface area contributed by atoms with Crippen LogP contribution in [0.15, 0.2) is 15.5 Å². The van der Waals surface area contributed by atoms with Crippen LogP contribution < -0.4 is 10.9 Å². The van der Waals surface area contributed by atoms with Crippen LogP contribution in [0.4, 0.5) is 0 Å². The van der Waals surface area contributed by atoms with Gasteiger partial charge in [-0.3, -0.25) is 9.36 Å². The van der Waals surface area contributed by atoms with Gasteiger partial charge < -0.3 is 5.32 Å². The number of halogens is 1. The third kappa shape index (κ3) is 2.52. The minimum absolute atomic E-state index is 0.0260. The molecule has 16 heavy (non-hydrogen) atoms. The van der Waals surface area contributed by atoms with Crippen LogP contribution >= 0.6 is 15.9 Å². The lowest BCUT2D eigenvalue weighted by Crippen LogP contribution is -2.35. The van der Waals surface area contributed by atoms with Gasteiger partial charge in [0.25, 0.3) is 5.56 Å². The second-order valence-corrected chi connectivity index (χ2v) is 5.14. The summed E-state index contributed by atoms with van der Waals surface area (Å²) in [6.45, 7) is 4.74. The zero-order chi connectivity index (χ0) is 11.5. The van der Waals surface area contributed by atoms with Crippen LogP contribution in [0.3, 0.4) is 0 Å². The van der Waals surface area contributed by atoms with Crippen LogP contribution in [0, 0.1) is 12.8 Å². The third-order valence-electron chi connectivity index (χ3n) is 3.04.